The minimum atomic E-state index is 0.306. The Balaban J connectivity index is 1.92. The second kappa shape index (κ2) is 5.74. The fourth-order valence-electron chi connectivity index (χ4n) is 3.71. The molecular weight excluding hydrogens is 250 g/mol. The van der Waals surface area contributed by atoms with E-state index in [1.165, 1.54) is 24.0 Å². The van der Waals surface area contributed by atoms with E-state index in [2.05, 4.69) is 24.8 Å². The first-order chi connectivity index (χ1) is 9.69. The average molecular weight is 275 g/mol. The van der Waals surface area contributed by atoms with E-state index in [4.69, 9.17) is 4.74 Å². The van der Waals surface area contributed by atoms with Gasteiger partial charge in [-0.05, 0) is 55.9 Å². The Hall–Kier alpha value is -1.06. The van der Waals surface area contributed by atoms with E-state index in [-0.39, 0.29) is 0 Å². The number of aromatic hydroxyl groups is 1. The van der Waals surface area contributed by atoms with Crippen LogP contribution in [0.4, 0.5) is 0 Å². The highest BCUT2D eigenvalue weighted by atomic mass is 16.5. The Kier molecular flexibility index (Phi) is 3.99. The third-order valence-corrected chi connectivity index (χ3v) is 4.79. The predicted molar refractivity (Wildman–Crippen MR) is 80.0 cm³/mol. The van der Waals surface area contributed by atoms with E-state index in [0.29, 0.717) is 23.9 Å². The Morgan fingerprint density at radius 1 is 1.40 bits per heavy atom. The third kappa shape index (κ3) is 2.57. The van der Waals surface area contributed by atoms with Crippen LogP contribution in [0.15, 0.2) is 18.2 Å². The van der Waals surface area contributed by atoms with Gasteiger partial charge in [-0.1, -0.05) is 13.0 Å². The van der Waals surface area contributed by atoms with Crippen LogP contribution in [-0.2, 0) is 11.2 Å². The molecule has 3 atom stereocenters. The first-order valence-corrected chi connectivity index (χ1v) is 7.88. The minimum absolute atomic E-state index is 0.306. The number of aryl methyl sites for hydroxylation is 1. The fraction of sp³-hybridized carbons (Fsp3) is 0.647. The topological polar surface area (TPSA) is 32.7 Å². The van der Waals surface area contributed by atoms with Crippen LogP contribution in [0.25, 0.3) is 0 Å². The molecule has 1 heterocycles. The van der Waals surface area contributed by atoms with Crippen molar-refractivity contribution in [2.75, 3.05) is 13.2 Å². The van der Waals surface area contributed by atoms with E-state index in [0.717, 1.165) is 26.0 Å². The lowest BCUT2D eigenvalue weighted by Crippen LogP contribution is -2.50. The van der Waals surface area contributed by atoms with Gasteiger partial charge >= 0.3 is 0 Å². The van der Waals surface area contributed by atoms with E-state index in [9.17, 15) is 5.11 Å². The lowest BCUT2D eigenvalue weighted by Gasteiger charge is -2.45. The number of fused-ring (bicyclic) bond motifs is 1. The van der Waals surface area contributed by atoms with E-state index in [1.807, 2.05) is 12.1 Å². The molecule has 1 aliphatic carbocycles. The molecule has 1 saturated heterocycles. The molecule has 1 N–H and O–H groups in total. The summed E-state index contributed by atoms with van der Waals surface area (Å²) in [5.74, 6) is 0.394. The molecule has 0 radical (unpaired) electrons. The molecule has 3 unspecified atom stereocenters. The minimum Gasteiger partial charge on any atom is -0.508 e. The first-order valence-electron chi connectivity index (χ1n) is 7.88. The number of phenols is 1. The summed E-state index contributed by atoms with van der Waals surface area (Å²) in [6, 6.07) is 6.85. The molecule has 0 amide bonds. The van der Waals surface area contributed by atoms with Crippen LogP contribution in [0.1, 0.15) is 50.3 Å². The summed E-state index contributed by atoms with van der Waals surface area (Å²) in [5.41, 5.74) is 2.75. The highest BCUT2D eigenvalue weighted by Gasteiger charge is 2.34. The van der Waals surface area contributed by atoms with Gasteiger partial charge in [0.1, 0.15) is 5.75 Å². The van der Waals surface area contributed by atoms with Crippen molar-refractivity contribution in [1.29, 1.82) is 0 Å². The van der Waals surface area contributed by atoms with E-state index >= 15 is 0 Å². The molecule has 3 heteroatoms. The van der Waals surface area contributed by atoms with Crippen molar-refractivity contribution in [1.82, 2.24) is 4.90 Å². The summed E-state index contributed by atoms with van der Waals surface area (Å²) >= 11 is 0. The lowest BCUT2D eigenvalue weighted by molar-refractivity contribution is -0.0756. The summed E-state index contributed by atoms with van der Waals surface area (Å²) in [7, 11) is 0. The monoisotopic (exact) mass is 275 g/mol. The SMILES string of the molecule is CCC1COC(C)CN1C1CCCc2ccc(O)cc21. The van der Waals surface area contributed by atoms with Gasteiger partial charge in [0.05, 0.1) is 12.7 Å². The fourth-order valence-corrected chi connectivity index (χ4v) is 3.71. The molecule has 1 aromatic carbocycles. The molecule has 2 aliphatic rings. The van der Waals surface area contributed by atoms with Gasteiger partial charge in [-0.25, -0.2) is 0 Å². The highest BCUT2D eigenvalue weighted by molar-refractivity contribution is 5.38. The number of nitrogens with zero attached hydrogens (tertiary/aromatic N) is 1. The van der Waals surface area contributed by atoms with Gasteiger partial charge in [0.2, 0.25) is 0 Å². The zero-order valence-corrected chi connectivity index (χ0v) is 12.5. The Labute approximate surface area is 121 Å². The lowest BCUT2D eigenvalue weighted by atomic mass is 9.85. The second-order valence-corrected chi connectivity index (χ2v) is 6.19. The molecule has 0 spiro atoms. The zero-order chi connectivity index (χ0) is 14.1. The van der Waals surface area contributed by atoms with Crippen molar-refractivity contribution in [3.8, 4) is 5.75 Å². The average Bonchev–Trinajstić information content (AvgIpc) is 2.46. The van der Waals surface area contributed by atoms with Crippen LogP contribution >= 0.6 is 0 Å². The predicted octanol–water partition coefficient (Wildman–Crippen LogP) is 3.27. The quantitative estimate of drug-likeness (QED) is 0.899. The van der Waals surface area contributed by atoms with Crippen LogP contribution in [0.2, 0.25) is 0 Å². The molecule has 1 fully saturated rings. The summed E-state index contributed by atoms with van der Waals surface area (Å²) in [6.07, 6.45) is 5.00. The maximum Gasteiger partial charge on any atom is 0.115 e. The molecule has 110 valence electrons. The maximum atomic E-state index is 9.84. The molecule has 1 aromatic rings. The molecule has 0 bridgehead atoms. The second-order valence-electron chi connectivity index (χ2n) is 6.19. The van der Waals surface area contributed by atoms with Crippen molar-refractivity contribution in [3.63, 3.8) is 0 Å². The zero-order valence-electron chi connectivity index (χ0n) is 12.5. The molecule has 20 heavy (non-hydrogen) atoms. The number of hydrogen-bond acceptors (Lipinski definition) is 3. The number of morpholine rings is 1. The Morgan fingerprint density at radius 2 is 2.25 bits per heavy atom. The molecule has 0 saturated carbocycles. The summed E-state index contributed by atoms with van der Waals surface area (Å²) in [6.45, 7) is 6.23. The van der Waals surface area contributed by atoms with Gasteiger partial charge < -0.3 is 9.84 Å². The largest absolute Gasteiger partial charge is 0.508 e. The summed E-state index contributed by atoms with van der Waals surface area (Å²) < 4.78 is 5.82. The number of phenolic OH excluding ortho intramolecular Hbond substituents is 1. The number of ether oxygens (including phenoxy) is 1. The van der Waals surface area contributed by atoms with Crippen LogP contribution in [-0.4, -0.2) is 35.3 Å². The Morgan fingerprint density at radius 3 is 3.05 bits per heavy atom. The van der Waals surface area contributed by atoms with E-state index < -0.39 is 0 Å². The number of rotatable bonds is 2. The van der Waals surface area contributed by atoms with Crippen molar-refractivity contribution >= 4 is 0 Å². The van der Waals surface area contributed by atoms with Gasteiger partial charge in [0.25, 0.3) is 0 Å². The van der Waals surface area contributed by atoms with Crippen molar-refractivity contribution < 1.29 is 9.84 Å². The van der Waals surface area contributed by atoms with Gasteiger partial charge in [0.15, 0.2) is 0 Å². The highest BCUT2D eigenvalue weighted by Crippen LogP contribution is 2.38. The smallest absolute Gasteiger partial charge is 0.115 e. The summed E-state index contributed by atoms with van der Waals surface area (Å²) in [4.78, 5) is 2.62. The molecule has 1 aliphatic heterocycles. The van der Waals surface area contributed by atoms with Gasteiger partial charge in [-0.3, -0.25) is 4.90 Å². The Bertz CT molecular complexity index is 474. The molecule has 3 rings (SSSR count). The summed E-state index contributed by atoms with van der Waals surface area (Å²) in [5, 5.41) is 9.84. The van der Waals surface area contributed by atoms with E-state index in [1.54, 1.807) is 0 Å². The first kappa shape index (κ1) is 13.9. The molecular formula is C17H25NO2. The third-order valence-electron chi connectivity index (χ3n) is 4.79. The normalized spacial score (nSPS) is 31.0. The van der Waals surface area contributed by atoms with Gasteiger partial charge in [-0.15, -0.1) is 0 Å². The molecule has 3 nitrogen and oxygen atoms in total. The number of benzene rings is 1. The van der Waals surface area contributed by atoms with Crippen LogP contribution in [0, 0.1) is 0 Å². The van der Waals surface area contributed by atoms with Gasteiger partial charge in [-0.2, -0.15) is 0 Å². The standard InChI is InChI=1S/C17H25NO2/c1-3-14-11-20-12(2)10-18(14)17-6-4-5-13-7-8-15(19)9-16(13)17/h7-9,12,14,17,19H,3-6,10-11H2,1-2H3. The number of hydrogen-bond donors (Lipinski definition) is 1. The van der Waals surface area contributed by atoms with Crippen LogP contribution in [0.3, 0.4) is 0 Å². The maximum absolute atomic E-state index is 9.84. The van der Waals surface area contributed by atoms with Crippen molar-refractivity contribution in [2.45, 2.75) is 57.7 Å². The van der Waals surface area contributed by atoms with Crippen LogP contribution in [0.5, 0.6) is 5.75 Å². The van der Waals surface area contributed by atoms with Crippen molar-refractivity contribution in [2.24, 2.45) is 0 Å². The van der Waals surface area contributed by atoms with Crippen molar-refractivity contribution in [3.05, 3.63) is 29.3 Å². The van der Waals surface area contributed by atoms with Gasteiger partial charge in [0, 0.05) is 18.6 Å². The molecule has 0 aromatic heterocycles. The van der Waals surface area contributed by atoms with Crippen LogP contribution < -0.4 is 0 Å².